The Bertz CT molecular complexity index is 2640. The number of unbranched alkanes of at least 4 members (excludes halogenated alkanes) is 2. The van der Waals surface area contributed by atoms with Crippen molar-refractivity contribution < 1.29 is 53.0 Å². The minimum Gasteiger partial charge on any atom is -0.459 e. The van der Waals surface area contributed by atoms with Gasteiger partial charge in [0.2, 0.25) is 12.6 Å². The smallest absolute Gasteiger partial charge is 0.410 e. The number of hydrogen-bond donors (Lipinski definition) is 2. The average Bonchev–Trinajstić information content (AvgIpc) is 3.89. The van der Waals surface area contributed by atoms with Gasteiger partial charge in [0, 0.05) is 37.7 Å². The molecule has 2 aliphatic heterocycles. The highest BCUT2D eigenvalue weighted by Crippen LogP contribution is 2.62. The SMILES string of the molecule is C=CCOC12Oc3ccc(Oc4ccc(-c5ccccc5)cc4)cc3C3C(CCCCO)C(CCCCO)C=C(C(=NOCC)CC1N(Cc1ccc4c(c1)OCO4)C(=O)OCCOCc1ccccc1)C32. The molecule has 0 bridgehead atoms. The molecule has 13 nitrogen and oxygen atoms in total. The lowest BCUT2D eigenvalue weighted by Crippen LogP contribution is -2.70. The van der Waals surface area contributed by atoms with Gasteiger partial charge in [-0.25, -0.2) is 4.79 Å². The van der Waals surface area contributed by atoms with Crippen LogP contribution in [-0.4, -0.2) is 85.2 Å². The zero-order chi connectivity index (χ0) is 49.7. The molecule has 1 fully saturated rings. The van der Waals surface area contributed by atoms with Crippen molar-refractivity contribution in [2.24, 2.45) is 22.9 Å². The van der Waals surface area contributed by atoms with E-state index in [1.807, 2.05) is 97.9 Å². The van der Waals surface area contributed by atoms with E-state index < -0.39 is 23.8 Å². The Morgan fingerprint density at radius 3 is 2.29 bits per heavy atom. The van der Waals surface area contributed by atoms with Crippen LogP contribution in [-0.2, 0) is 32.2 Å². The zero-order valence-corrected chi connectivity index (χ0v) is 41.1. The average molecular weight is 979 g/mol. The van der Waals surface area contributed by atoms with Crippen molar-refractivity contribution >= 4 is 11.8 Å². The van der Waals surface area contributed by atoms with Gasteiger partial charge in [-0.15, -0.1) is 6.58 Å². The van der Waals surface area contributed by atoms with Crippen LogP contribution in [0, 0.1) is 17.8 Å². The normalized spacial score (nSPS) is 22.0. The molecule has 72 heavy (non-hydrogen) atoms. The number of rotatable bonds is 24. The number of ether oxygens (including phenoxy) is 7. The summed E-state index contributed by atoms with van der Waals surface area (Å²) in [6.07, 6.45) is 8.15. The van der Waals surface area contributed by atoms with Crippen LogP contribution in [0.3, 0.4) is 0 Å². The molecule has 6 unspecified atom stereocenters. The fourth-order valence-corrected chi connectivity index (χ4v) is 10.9. The summed E-state index contributed by atoms with van der Waals surface area (Å²) in [6, 6.07) is 38.9. The van der Waals surface area contributed by atoms with Gasteiger partial charge < -0.3 is 48.2 Å². The Kier molecular flexibility index (Phi) is 16.9. The van der Waals surface area contributed by atoms with E-state index in [2.05, 4.69) is 43.0 Å². The van der Waals surface area contributed by atoms with Crippen LogP contribution < -0.4 is 18.9 Å². The van der Waals surface area contributed by atoms with Gasteiger partial charge in [-0.3, -0.25) is 4.90 Å². The van der Waals surface area contributed by atoms with Crippen LogP contribution in [0.15, 0.2) is 151 Å². The summed E-state index contributed by atoms with van der Waals surface area (Å²) >= 11 is 0. The van der Waals surface area contributed by atoms with Gasteiger partial charge in [0.1, 0.15) is 36.5 Å². The Morgan fingerprint density at radius 1 is 0.806 bits per heavy atom. The molecule has 2 heterocycles. The van der Waals surface area contributed by atoms with Crippen molar-refractivity contribution in [2.75, 3.05) is 46.4 Å². The van der Waals surface area contributed by atoms with E-state index in [1.54, 1.807) is 11.0 Å². The van der Waals surface area contributed by atoms with Gasteiger partial charge in [0.25, 0.3) is 0 Å². The standard InChI is InChI=1S/C59H66N2O11/c1-3-31-69-59-55(61(38-42-21-27-53-54(34-42)68-40-67-53)58(64)66-33-32-65-39-41-15-7-5-8-16-41)37-51(60-70-4-2)49-35-45(19-11-13-29-62)48(20-12-14-30-63)56(57(49)59)50-36-47(26-28-52(50)72-59)71-46-24-22-44(23-25-46)43-17-9-6-10-18-43/h3,5-10,15-18,21-28,34-36,45,48,55-57,62-63H,1,4,11-14,19-20,29-33,37-40H2,2H3. The summed E-state index contributed by atoms with van der Waals surface area (Å²) in [5, 5.41) is 25.0. The third kappa shape index (κ3) is 11.3. The lowest BCUT2D eigenvalue weighted by molar-refractivity contribution is -0.256. The number of hydrogen-bond acceptors (Lipinski definition) is 12. The van der Waals surface area contributed by atoms with Crippen LogP contribution in [0.25, 0.3) is 11.1 Å². The number of nitrogens with zero attached hydrogens (tertiary/aromatic N) is 2. The summed E-state index contributed by atoms with van der Waals surface area (Å²) in [4.78, 5) is 22.7. The highest BCUT2D eigenvalue weighted by molar-refractivity contribution is 6.03. The molecule has 0 radical (unpaired) electrons. The number of fused-ring (bicyclic) bond motifs is 3. The van der Waals surface area contributed by atoms with Gasteiger partial charge in [0.15, 0.2) is 11.5 Å². The second-order valence-corrected chi connectivity index (χ2v) is 18.7. The fourth-order valence-electron chi connectivity index (χ4n) is 10.9. The van der Waals surface area contributed by atoms with Crippen LogP contribution in [0.2, 0.25) is 0 Å². The minimum atomic E-state index is -1.51. The Balaban J connectivity index is 1.15. The molecule has 9 rings (SSSR count). The predicted octanol–water partition coefficient (Wildman–Crippen LogP) is 11.4. The van der Waals surface area contributed by atoms with Crippen LogP contribution in [0.1, 0.15) is 74.5 Å². The Labute approximate surface area is 422 Å². The van der Waals surface area contributed by atoms with Crippen molar-refractivity contribution in [2.45, 2.75) is 82.8 Å². The van der Waals surface area contributed by atoms with E-state index in [1.165, 1.54) is 0 Å². The maximum atomic E-state index is 15.1. The summed E-state index contributed by atoms with van der Waals surface area (Å²) < 4.78 is 45.0. The molecule has 0 saturated heterocycles. The van der Waals surface area contributed by atoms with E-state index in [0.29, 0.717) is 60.5 Å². The second kappa shape index (κ2) is 24.2. The molecule has 13 heteroatoms. The number of allylic oxidation sites excluding steroid dienone is 1. The van der Waals surface area contributed by atoms with E-state index >= 15 is 4.79 Å². The molecule has 2 aliphatic carbocycles. The third-order valence-corrected chi connectivity index (χ3v) is 14.1. The predicted molar refractivity (Wildman–Crippen MR) is 274 cm³/mol. The maximum absolute atomic E-state index is 15.1. The molecule has 4 aliphatic rings. The van der Waals surface area contributed by atoms with Gasteiger partial charge in [-0.1, -0.05) is 109 Å². The first kappa shape index (κ1) is 50.3. The molecule has 5 aromatic rings. The number of carbonyl (C=O) groups is 1. The van der Waals surface area contributed by atoms with Crippen molar-refractivity contribution in [3.8, 4) is 39.9 Å². The topological polar surface area (TPSA) is 147 Å². The summed E-state index contributed by atoms with van der Waals surface area (Å²) in [7, 11) is 0. The van der Waals surface area contributed by atoms with Crippen molar-refractivity contribution in [3.63, 3.8) is 0 Å². The van der Waals surface area contributed by atoms with E-state index in [9.17, 15) is 10.2 Å². The lowest BCUT2D eigenvalue weighted by Gasteiger charge is -2.59. The molecule has 5 aromatic carbocycles. The molecule has 6 atom stereocenters. The number of aliphatic hydroxyl groups excluding tert-OH is 2. The molecule has 0 spiro atoms. The van der Waals surface area contributed by atoms with Crippen LogP contribution >= 0.6 is 0 Å². The number of benzene rings is 5. The fraction of sp³-hybridized carbons (Fsp3) is 0.390. The highest BCUT2D eigenvalue weighted by atomic mass is 16.7. The second-order valence-electron chi connectivity index (χ2n) is 18.7. The van der Waals surface area contributed by atoms with Crippen LogP contribution in [0.4, 0.5) is 4.79 Å². The quantitative estimate of drug-likeness (QED) is 0.0346. The van der Waals surface area contributed by atoms with Crippen molar-refractivity contribution in [3.05, 3.63) is 162 Å². The first-order valence-electron chi connectivity index (χ1n) is 25.4. The first-order chi connectivity index (χ1) is 35.4. The van der Waals surface area contributed by atoms with Gasteiger partial charge >= 0.3 is 6.09 Å². The first-order valence-corrected chi connectivity index (χ1v) is 25.4. The largest absolute Gasteiger partial charge is 0.459 e. The highest BCUT2D eigenvalue weighted by Gasteiger charge is 2.65. The van der Waals surface area contributed by atoms with Gasteiger partial charge in [-0.05, 0) is 115 Å². The number of aliphatic hydroxyl groups is 2. The third-order valence-electron chi connectivity index (χ3n) is 14.1. The molecule has 1 saturated carbocycles. The number of amides is 1. The summed E-state index contributed by atoms with van der Waals surface area (Å²) in [5.41, 5.74) is 6.55. The zero-order valence-electron chi connectivity index (χ0n) is 41.1. The monoisotopic (exact) mass is 978 g/mol. The van der Waals surface area contributed by atoms with Gasteiger partial charge in [0.05, 0.1) is 31.5 Å². The minimum absolute atomic E-state index is 0.00244. The lowest BCUT2D eigenvalue weighted by atomic mass is 9.55. The van der Waals surface area contributed by atoms with Crippen molar-refractivity contribution in [1.82, 2.24) is 4.90 Å². The molecule has 0 aromatic heterocycles. The van der Waals surface area contributed by atoms with E-state index in [-0.39, 0.29) is 70.5 Å². The molecule has 378 valence electrons. The van der Waals surface area contributed by atoms with Gasteiger partial charge in [-0.2, -0.15) is 0 Å². The number of oxime groups is 1. The maximum Gasteiger partial charge on any atom is 0.410 e. The molecular formula is C59H66N2O11. The van der Waals surface area contributed by atoms with E-state index in [0.717, 1.165) is 59.1 Å². The number of carbonyl (C=O) groups excluding carboxylic acids is 1. The summed E-state index contributed by atoms with van der Waals surface area (Å²) in [5.74, 6) is 0.913. The molecule has 1 amide bonds. The molecular weight excluding hydrogens is 913 g/mol. The van der Waals surface area contributed by atoms with Crippen LogP contribution in [0.5, 0.6) is 28.7 Å². The molecule has 2 N–H and O–H groups in total. The van der Waals surface area contributed by atoms with Crippen molar-refractivity contribution in [1.29, 1.82) is 0 Å². The van der Waals surface area contributed by atoms with E-state index in [4.69, 9.17) is 43.2 Å². The Hall–Kier alpha value is -6.64. The Morgan fingerprint density at radius 2 is 1.53 bits per heavy atom. The summed E-state index contributed by atoms with van der Waals surface area (Å²) in [6.45, 7) is 7.33.